The monoisotopic (exact) mass is 282 g/mol. The molecule has 0 aromatic carbocycles. The van der Waals surface area contributed by atoms with Gasteiger partial charge in [-0.15, -0.1) is 0 Å². The summed E-state index contributed by atoms with van der Waals surface area (Å²) in [7, 11) is 0. The Morgan fingerprint density at radius 1 is 0.500 bits per heavy atom. The van der Waals surface area contributed by atoms with E-state index in [1.165, 1.54) is 96.3 Å². The SMILES string of the molecule is CCCCCCCCCCCCC(C)(CC)CCCC. The molecule has 0 aliphatic carbocycles. The fraction of sp³-hybridized carbons (Fsp3) is 1.00. The molecule has 0 aromatic rings. The van der Waals surface area contributed by atoms with E-state index in [1.807, 2.05) is 0 Å². The van der Waals surface area contributed by atoms with Gasteiger partial charge in [-0.3, -0.25) is 0 Å². The Morgan fingerprint density at radius 3 is 1.35 bits per heavy atom. The summed E-state index contributed by atoms with van der Waals surface area (Å²) in [6.07, 6.45) is 21.6. The van der Waals surface area contributed by atoms with E-state index in [1.54, 1.807) is 0 Å². The summed E-state index contributed by atoms with van der Waals surface area (Å²) < 4.78 is 0. The lowest BCUT2D eigenvalue weighted by Crippen LogP contribution is -2.14. The maximum Gasteiger partial charge on any atom is -0.0328 e. The highest BCUT2D eigenvalue weighted by Crippen LogP contribution is 2.34. The standard InChI is InChI=1S/C20H42/c1-5-8-10-11-12-13-14-15-16-17-19-20(4,7-3)18-9-6-2/h5-19H2,1-4H3. The Morgan fingerprint density at radius 2 is 0.900 bits per heavy atom. The normalized spacial score (nSPS) is 14.4. The Bertz CT molecular complexity index is 184. The molecule has 20 heavy (non-hydrogen) atoms. The Kier molecular flexibility index (Phi) is 14.0. The summed E-state index contributed by atoms with van der Waals surface area (Å²) in [5.74, 6) is 0. The quantitative estimate of drug-likeness (QED) is 0.268. The summed E-state index contributed by atoms with van der Waals surface area (Å²) in [5.41, 5.74) is 0.635. The third-order valence-electron chi connectivity index (χ3n) is 5.12. The van der Waals surface area contributed by atoms with Crippen molar-refractivity contribution >= 4 is 0 Å². The predicted octanol–water partition coefficient (Wildman–Crippen LogP) is 7.90. The zero-order valence-electron chi connectivity index (χ0n) is 15.1. The lowest BCUT2D eigenvalue weighted by Gasteiger charge is -2.28. The van der Waals surface area contributed by atoms with E-state index in [9.17, 15) is 0 Å². The predicted molar refractivity (Wildman–Crippen MR) is 94.4 cm³/mol. The molecule has 122 valence electrons. The van der Waals surface area contributed by atoms with E-state index < -0.39 is 0 Å². The first kappa shape index (κ1) is 20.0. The van der Waals surface area contributed by atoms with Gasteiger partial charge >= 0.3 is 0 Å². The lowest BCUT2D eigenvalue weighted by molar-refractivity contribution is 0.243. The highest BCUT2D eigenvalue weighted by molar-refractivity contribution is 4.72. The van der Waals surface area contributed by atoms with Crippen LogP contribution in [0.3, 0.4) is 0 Å². The maximum atomic E-state index is 2.51. The van der Waals surface area contributed by atoms with Crippen LogP contribution in [-0.2, 0) is 0 Å². The Labute approximate surface area is 130 Å². The van der Waals surface area contributed by atoms with Crippen molar-refractivity contribution in [3.05, 3.63) is 0 Å². The van der Waals surface area contributed by atoms with Crippen LogP contribution in [0.1, 0.15) is 124 Å². The minimum absolute atomic E-state index is 0.635. The highest BCUT2D eigenvalue weighted by atomic mass is 14.3. The van der Waals surface area contributed by atoms with E-state index in [-0.39, 0.29) is 0 Å². The van der Waals surface area contributed by atoms with Crippen LogP contribution in [0.5, 0.6) is 0 Å². The van der Waals surface area contributed by atoms with Gasteiger partial charge in [-0.25, -0.2) is 0 Å². The second-order valence-corrected chi connectivity index (χ2v) is 7.20. The summed E-state index contributed by atoms with van der Waals surface area (Å²) in [5, 5.41) is 0. The van der Waals surface area contributed by atoms with Crippen molar-refractivity contribution in [1.82, 2.24) is 0 Å². The molecule has 1 unspecified atom stereocenters. The van der Waals surface area contributed by atoms with Crippen molar-refractivity contribution in [2.24, 2.45) is 5.41 Å². The van der Waals surface area contributed by atoms with E-state index >= 15 is 0 Å². The Hall–Kier alpha value is 0. The minimum atomic E-state index is 0.635. The van der Waals surface area contributed by atoms with Crippen molar-refractivity contribution in [2.75, 3.05) is 0 Å². The molecule has 0 spiro atoms. The summed E-state index contributed by atoms with van der Waals surface area (Å²) in [4.78, 5) is 0. The zero-order valence-corrected chi connectivity index (χ0v) is 15.1. The number of unbranched alkanes of at least 4 members (excludes halogenated alkanes) is 10. The first-order valence-corrected chi connectivity index (χ1v) is 9.68. The van der Waals surface area contributed by atoms with E-state index in [0.29, 0.717) is 5.41 Å². The molecule has 0 rings (SSSR count). The van der Waals surface area contributed by atoms with Gasteiger partial charge in [0.15, 0.2) is 0 Å². The summed E-state index contributed by atoms with van der Waals surface area (Å²) in [6, 6.07) is 0. The van der Waals surface area contributed by atoms with Crippen molar-refractivity contribution < 1.29 is 0 Å². The van der Waals surface area contributed by atoms with Gasteiger partial charge in [-0.05, 0) is 18.3 Å². The summed E-state index contributed by atoms with van der Waals surface area (Å²) in [6.45, 7) is 9.50. The van der Waals surface area contributed by atoms with Gasteiger partial charge in [-0.2, -0.15) is 0 Å². The topological polar surface area (TPSA) is 0 Å². The van der Waals surface area contributed by atoms with Crippen LogP contribution in [0.2, 0.25) is 0 Å². The largest absolute Gasteiger partial charge is 0.0654 e. The molecule has 1 atom stereocenters. The van der Waals surface area contributed by atoms with Crippen molar-refractivity contribution in [2.45, 2.75) is 124 Å². The molecule has 0 fully saturated rings. The second kappa shape index (κ2) is 14.0. The molecule has 0 heterocycles. The molecule has 0 saturated heterocycles. The first-order valence-electron chi connectivity index (χ1n) is 9.68. The van der Waals surface area contributed by atoms with Gasteiger partial charge in [0.1, 0.15) is 0 Å². The number of rotatable bonds is 15. The first-order chi connectivity index (χ1) is 9.68. The number of hydrogen-bond acceptors (Lipinski definition) is 0. The van der Waals surface area contributed by atoms with E-state index in [4.69, 9.17) is 0 Å². The molecule has 0 radical (unpaired) electrons. The van der Waals surface area contributed by atoms with Crippen LogP contribution >= 0.6 is 0 Å². The zero-order chi connectivity index (χ0) is 15.1. The molecular formula is C20H42. The van der Waals surface area contributed by atoms with Crippen molar-refractivity contribution in [3.63, 3.8) is 0 Å². The fourth-order valence-electron chi connectivity index (χ4n) is 3.12. The third kappa shape index (κ3) is 11.8. The Balaban J connectivity index is 3.37. The van der Waals surface area contributed by atoms with Crippen LogP contribution < -0.4 is 0 Å². The molecule has 0 heteroatoms. The molecule has 0 nitrogen and oxygen atoms in total. The minimum Gasteiger partial charge on any atom is -0.0654 e. The van der Waals surface area contributed by atoms with Gasteiger partial charge in [-0.1, -0.05) is 111 Å². The molecule has 0 amide bonds. The lowest BCUT2D eigenvalue weighted by atomic mass is 9.78. The van der Waals surface area contributed by atoms with Crippen molar-refractivity contribution in [1.29, 1.82) is 0 Å². The molecule has 0 N–H and O–H groups in total. The molecule has 0 aliphatic rings. The highest BCUT2D eigenvalue weighted by Gasteiger charge is 2.20. The second-order valence-electron chi connectivity index (χ2n) is 7.20. The van der Waals surface area contributed by atoms with Crippen LogP contribution in [0, 0.1) is 5.41 Å². The van der Waals surface area contributed by atoms with Gasteiger partial charge in [0.05, 0.1) is 0 Å². The van der Waals surface area contributed by atoms with Crippen LogP contribution in [0.4, 0.5) is 0 Å². The third-order valence-corrected chi connectivity index (χ3v) is 5.12. The average molecular weight is 283 g/mol. The van der Waals surface area contributed by atoms with Gasteiger partial charge in [0, 0.05) is 0 Å². The number of hydrogen-bond donors (Lipinski definition) is 0. The van der Waals surface area contributed by atoms with Gasteiger partial charge < -0.3 is 0 Å². The van der Waals surface area contributed by atoms with E-state index in [2.05, 4.69) is 27.7 Å². The van der Waals surface area contributed by atoms with Crippen LogP contribution in [0.15, 0.2) is 0 Å². The molecular weight excluding hydrogens is 240 g/mol. The van der Waals surface area contributed by atoms with E-state index in [0.717, 1.165) is 0 Å². The smallest absolute Gasteiger partial charge is 0.0328 e. The molecule has 0 aliphatic heterocycles. The molecule has 0 saturated carbocycles. The molecule has 0 bridgehead atoms. The fourth-order valence-corrected chi connectivity index (χ4v) is 3.12. The van der Waals surface area contributed by atoms with Gasteiger partial charge in [0.25, 0.3) is 0 Å². The van der Waals surface area contributed by atoms with Crippen molar-refractivity contribution in [3.8, 4) is 0 Å². The maximum absolute atomic E-state index is 2.51. The van der Waals surface area contributed by atoms with Crippen LogP contribution in [0.25, 0.3) is 0 Å². The van der Waals surface area contributed by atoms with Gasteiger partial charge in [0.2, 0.25) is 0 Å². The van der Waals surface area contributed by atoms with Crippen LogP contribution in [-0.4, -0.2) is 0 Å². The average Bonchev–Trinajstić information content (AvgIpc) is 2.47. The summed E-state index contributed by atoms with van der Waals surface area (Å²) >= 11 is 0. The molecule has 0 aromatic heterocycles.